The maximum atomic E-state index is 8.03. The molecule has 0 bridgehead atoms. The molecule has 0 atom stereocenters. The zero-order valence-electron chi connectivity index (χ0n) is 31.3. The van der Waals surface area contributed by atoms with Gasteiger partial charge < -0.3 is 0 Å². The Hall–Kier alpha value is -0.403. The van der Waals surface area contributed by atoms with Crippen molar-refractivity contribution in [1.29, 1.82) is 0 Å². The van der Waals surface area contributed by atoms with Crippen LogP contribution in [0.15, 0.2) is 24.3 Å². The van der Waals surface area contributed by atoms with E-state index in [4.69, 9.17) is 7.56 Å². The Morgan fingerprint density at radius 2 is 0.800 bits per heavy atom. The normalized spacial score (nSPS) is 12.1. The van der Waals surface area contributed by atoms with Crippen molar-refractivity contribution in [3.63, 3.8) is 0 Å². The quantitative estimate of drug-likeness (QED) is 0.0986. The summed E-state index contributed by atoms with van der Waals surface area (Å²) < 4.78 is 27.6. The summed E-state index contributed by atoms with van der Waals surface area (Å²) in [6.07, 6.45) is 16.2. The molecule has 2 aromatic carbocycles. The van der Waals surface area contributed by atoms with Crippen LogP contribution in [0.5, 0.6) is 11.5 Å². The van der Waals surface area contributed by atoms with Gasteiger partial charge in [-0.2, -0.15) is 0 Å². The van der Waals surface area contributed by atoms with Crippen LogP contribution in [-0.2, 0) is 27.1 Å². The molecule has 45 heavy (non-hydrogen) atoms. The number of rotatable bonds is 24. The fraction of sp³-hybridized carbons (Fsp3) is 0.700. The SMILES string of the molecule is CCC[CH2][Sn]([CH2]CCC)([O]c1ccc(CCC)c(CC)c1C)[O][Sn]([CH2]CCC)([CH2]CCC)[O]c1ccc(CCC)c(CC)c1C. The van der Waals surface area contributed by atoms with Gasteiger partial charge in [-0.25, -0.2) is 0 Å². The van der Waals surface area contributed by atoms with Gasteiger partial charge in [-0.05, 0) is 0 Å². The zero-order valence-corrected chi connectivity index (χ0v) is 37.0. The van der Waals surface area contributed by atoms with Crippen molar-refractivity contribution in [3.8, 4) is 11.5 Å². The minimum absolute atomic E-state index is 1.05. The molecule has 256 valence electrons. The van der Waals surface area contributed by atoms with E-state index in [0.29, 0.717) is 0 Å². The molecule has 0 saturated carbocycles. The third-order valence-electron chi connectivity index (χ3n) is 9.65. The van der Waals surface area contributed by atoms with E-state index in [1.807, 2.05) is 0 Å². The van der Waals surface area contributed by atoms with Gasteiger partial charge in [-0.15, -0.1) is 0 Å². The predicted octanol–water partition coefficient (Wildman–Crippen LogP) is 12.9. The minimum atomic E-state index is -3.69. The predicted molar refractivity (Wildman–Crippen MR) is 202 cm³/mol. The van der Waals surface area contributed by atoms with Crippen LogP contribution in [0.2, 0.25) is 17.7 Å². The van der Waals surface area contributed by atoms with Crippen LogP contribution in [0, 0.1) is 13.8 Å². The fourth-order valence-electron chi connectivity index (χ4n) is 7.02. The second-order valence-corrected chi connectivity index (χ2v) is 35.2. The Morgan fingerprint density at radius 3 is 1.07 bits per heavy atom. The van der Waals surface area contributed by atoms with E-state index in [0.717, 1.165) is 54.9 Å². The molecule has 0 aliphatic heterocycles. The van der Waals surface area contributed by atoms with Crippen molar-refractivity contribution in [2.45, 2.75) is 177 Å². The van der Waals surface area contributed by atoms with E-state index in [1.165, 1.54) is 97.6 Å². The summed E-state index contributed by atoms with van der Waals surface area (Å²) in [5.41, 5.74) is 8.65. The van der Waals surface area contributed by atoms with Gasteiger partial charge in [0, 0.05) is 0 Å². The molecular weight excluding hydrogens is 766 g/mol. The van der Waals surface area contributed by atoms with Gasteiger partial charge >= 0.3 is 292 Å². The number of unbranched alkanes of at least 4 members (excludes halogenated alkanes) is 4. The number of hydrogen-bond acceptors (Lipinski definition) is 3. The summed E-state index contributed by atoms with van der Waals surface area (Å²) >= 11 is -7.39. The molecule has 0 aromatic heterocycles. The van der Waals surface area contributed by atoms with Crippen molar-refractivity contribution >= 4 is 38.4 Å². The Bertz CT molecular complexity index is 1030. The zero-order chi connectivity index (χ0) is 33.3. The molecule has 0 N–H and O–H groups in total. The molecule has 0 fully saturated rings. The first-order valence-electron chi connectivity index (χ1n) is 19.0. The molecular formula is C40H70O3Sn2. The van der Waals surface area contributed by atoms with Gasteiger partial charge in [-0.1, -0.05) is 0 Å². The van der Waals surface area contributed by atoms with E-state index in [9.17, 15) is 0 Å². The number of benzene rings is 2. The summed E-state index contributed by atoms with van der Waals surface area (Å²) in [4.78, 5) is 0. The van der Waals surface area contributed by atoms with Crippen LogP contribution in [-0.4, -0.2) is 38.4 Å². The van der Waals surface area contributed by atoms with Crippen LogP contribution in [0.4, 0.5) is 0 Å². The molecule has 0 saturated heterocycles. The van der Waals surface area contributed by atoms with E-state index in [-0.39, 0.29) is 0 Å². The molecule has 2 rings (SSSR count). The van der Waals surface area contributed by atoms with Gasteiger partial charge in [-0.3, -0.25) is 0 Å². The Kier molecular flexibility index (Phi) is 19.5. The summed E-state index contributed by atoms with van der Waals surface area (Å²) in [7, 11) is 0. The van der Waals surface area contributed by atoms with Crippen LogP contribution >= 0.6 is 0 Å². The summed E-state index contributed by atoms with van der Waals surface area (Å²) in [6.45, 7) is 23.1. The van der Waals surface area contributed by atoms with Gasteiger partial charge in [0.1, 0.15) is 0 Å². The van der Waals surface area contributed by atoms with Gasteiger partial charge in [0.2, 0.25) is 0 Å². The fourth-order valence-corrected chi connectivity index (χ4v) is 49.1. The number of hydrogen-bond donors (Lipinski definition) is 0. The first-order chi connectivity index (χ1) is 21.7. The monoisotopic (exact) mass is 838 g/mol. The van der Waals surface area contributed by atoms with Crippen molar-refractivity contribution in [2.75, 3.05) is 0 Å². The second kappa shape index (κ2) is 21.5. The topological polar surface area (TPSA) is 27.7 Å². The summed E-state index contributed by atoms with van der Waals surface area (Å²) in [5, 5.41) is 0. The first kappa shape index (κ1) is 40.8. The van der Waals surface area contributed by atoms with Crippen LogP contribution in [0.3, 0.4) is 0 Å². The second-order valence-electron chi connectivity index (χ2n) is 13.4. The van der Waals surface area contributed by atoms with Gasteiger partial charge in [0.05, 0.1) is 0 Å². The molecule has 0 aliphatic carbocycles. The molecule has 0 radical (unpaired) electrons. The maximum absolute atomic E-state index is 8.03. The van der Waals surface area contributed by atoms with Crippen molar-refractivity contribution < 1.29 is 7.56 Å². The van der Waals surface area contributed by atoms with E-state index in [2.05, 4.69) is 93.5 Å². The summed E-state index contributed by atoms with van der Waals surface area (Å²) in [5.74, 6) is 2.21. The van der Waals surface area contributed by atoms with Crippen LogP contribution < -0.4 is 6.15 Å². The molecule has 2 aromatic rings. The van der Waals surface area contributed by atoms with Crippen molar-refractivity contribution in [1.82, 2.24) is 0 Å². The average molecular weight is 836 g/mol. The first-order valence-corrected chi connectivity index (χ1v) is 31.8. The third-order valence-corrected chi connectivity index (χ3v) is 42.1. The average Bonchev–Trinajstić information content (AvgIpc) is 3.04. The van der Waals surface area contributed by atoms with E-state index in [1.54, 1.807) is 0 Å². The number of aryl methyl sites for hydroxylation is 2. The van der Waals surface area contributed by atoms with Gasteiger partial charge in [0.25, 0.3) is 0 Å². The van der Waals surface area contributed by atoms with Crippen molar-refractivity contribution in [3.05, 3.63) is 57.6 Å². The Labute approximate surface area is 289 Å². The molecule has 0 heterocycles. The van der Waals surface area contributed by atoms with E-state index >= 15 is 0 Å². The van der Waals surface area contributed by atoms with Crippen LogP contribution in [0.25, 0.3) is 0 Å². The molecule has 3 nitrogen and oxygen atoms in total. The van der Waals surface area contributed by atoms with E-state index < -0.39 is 38.4 Å². The molecule has 0 spiro atoms. The molecule has 0 amide bonds. The van der Waals surface area contributed by atoms with Crippen molar-refractivity contribution in [2.24, 2.45) is 0 Å². The molecule has 0 aliphatic rings. The Balaban J connectivity index is 2.74. The summed E-state index contributed by atoms with van der Waals surface area (Å²) in [6, 6.07) is 9.31. The molecule has 0 unspecified atom stereocenters. The van der Waals surface area contributed by atoms with Crippen LogP contribution in [0.1, 0.15) is 153 Å². The van der Waals surface area contributed by atoms with Gasteiger partial charge in [0.15, 0.2) is 0 Å². The molecule has 5 heteroatoms. The third kappa shape index (κ3) is 11.9. The Morgan fingerprint density at radius 1 is 0.467 bits per heavy atom. The standard InChI is InChI=1S/2C12H18O.4C4H9.O.2Sn/c2*1-4-6-10-7-8-12(13)9(3)11(10)5-2;4*1-3-4-2;;;/h2*7-8,13H,4-6H2,1-3H3;4*1,3-4H2,2H3;;;/q;;;;;;;2*+1/p-2.